The first-order valence-electron chi connectivity index (χ1n) is 5.91. The lowest BCUT2D eigenvalue weighted by Crippen LogP contribution is -2.39. The summed E-state index contributed by atoms with van der Waals surface area (Å²) < 4.78 is 0. The number of aromatic nitrogens is 2. The van der Waals surface area contributed by atoms with Crippen molar-refractivity contribution in [3.8, 4) is 0 Å². The molecule has 2 N–H and O–H groups in total. The van der Waals surface area contributed by atoms with Gasteiger partial charge >= 0.3 is 0 Å². The van der Waals surface area contributed by atoms with Crippen molar-refractivity contribution in [3.63, 3.8) is 0 Å². The van der Waals surface area contributed by atoms with E-state index in [1.807, 2.05) is 29.2 Å². The third-order valence-electron chi connectivity index (χ3n) is 2.64. The number of H-pyrrole nitrogens is 1. The number of likely N-dealkylation sites (N-methyl/N-ethyl adjacent to an activating group) is 1. The van der Waals surface area contributed by atoms with Crippen LogP contribution in [0.5, 0.6) is 0 Å². The number of rotatable bonds is 4. The first-order valence-corrected chi connectivity index (χ1v) is 5.91. The highest BCUT2D eigenvalue weighted by molar-refractivity contribution is 5.77. The predicted molar refractivity (Wildman–Crippen MR) is 70.3 cm³/mol. The molecule has 0 aliphatic rings. The van der Waals surface area contributed by atoms with Crippen molar-refractivity contribution >= 4 is 17.0 Å². The molecule has 92 valence electrons. The van der Waals surface area contributed by atoms with Gasteiger partial charge in [-0.05, 0) is 32.9 Å². The lowest BCUT2D eigenvalue weighted by molar-refractivity contribution is 0.0872. The highest BCUT2D eigenvalue weighted by Crippen LogP contribution is 2.18. The van der Waals surface area contributed by atoms with E-state index in [4.69, 9.17) is 0 Å². The Labute approximate surface area is 101 Å². The van der Waals surface area contributed by atoms with Crippen molar-refractivity contribution in [1.82, 2.24) is 9.97 Å². The molecular weight excluding hydrogens is 214 g/mol. The van der Waals surface area contributed by atoms with Crippen molar-refractivity contribution in [1.29, 1.82) is 0 Å². The summed E-state index contributed by atoms with van der Waals surface area (Å²) in [6.45, 7) is 7.03. The van der Waals surface area contributed by atoms with Gasteiger partial charge in [-0.15, -0.1) is 0 Å². The number of benzene rings is 1. The van der Waals surface area contributed by atoms with Crippen LogP contribution in [-0.2, 0) is 0 Å². The fourth-order valence-corrected chi connectivity index (χ4v) is 1.89. The van der Waals surface area contributed by atoms with Crippen LogP contribution in [-0.4, -0.2) is 33.8 Å². The second kappa shape index (κ2) is 4.37. The number of nitrogens with zero attached hydrogens (tertiary/aromatic N) is 2. The second-order valence-corrected chi connectivity index (χ2v) is 4.90. The van der Waals surface area contributed by atoms with Crippen LogP contribution >= 0.6 is 0 Å². The van der Waals surface area contributed by atoms with Gasteiger partial charge in [0.05, 0.1) is 16.6 Å². The first kappa shape index (κ1) is 11.9. The molecule has 0 radical (unpaired) electrons. The third-order valence-corrected chi connectivity index (χ3v) is 2.64. The molecule has 0 atom stereocenters. The zero-order valence-corrected chi connectivity index (χ0v) is 10.6. The Hall–Kier alpha value is -1.55. The molecule has 2 aromatic rings. The molecule has 0 amide bonds. The number of hydrogen-bond acceptors (Lipinski definition) is 3. The molecular formula is C13H19N3O. The Morgan fingerprint density at radius 2 is 2.06 bits per heavy atom. The largest absolute Gasteiger partial charge is 0.389 e. The van der Waals surface area contributed by atoms with Crippen molar-refractivity contribution in [2.75, 3.05) is 18.0 Å². The number of nitrogens with one attached hydrogen (secondary N) is 1. The number of imidazole rings is 1. The molecule has 0 bridgehead atoms. The molecule has 0 saturated carbocycles. The molecule has 0 fully saturated rings. The molecule has 4 heteroatoms. The van der Waals surface area contributed by atoms with Gasteiger partial charge in [0.2, 0.25) is 5.95 Å². The van der Waals surface area contributed by atoms with Gasteiger partial charge in [0.15, 0.2) is 0 Å². The van der Waals surface area contributed by atoms with E-state index in [0.717, 1.165) is 23.5 Å². The predicted octanol–water partition coefficient (Wildman–Crippen LogP) is 2.16. The van der Waals surface area contributed by atoms with Crippen LogP contribution in [0.25, 0.3) is 11.0 Å². The maximum atomic E-state index is 9.87. The van der Waals surface area contributed by atoms with E-state index in [1.165, 1.54) is 0 Å². The van der Waals surface area contributed by atoms with Crippen LogP contribution in [0, 0.1) is 0 Å². The monoisotopic (exact) mass is 233 g/mol. The maximum Gasteiger partial charge on any atom is 0.203 e. The summed E-state index contributed by atoms with van der Waals surface area (Å²) in [4.78, 5) is 9.84. The van der Waals surface area contributed by atoms with E-state index in [-0.39, 0.29) is 0 Å². The summed E-state index contributed by atoms with van der Waals surface area (Å²) >= 11 is 0. The van der Waals surface area contributed by atoms with Crippen LogP contribution in [0.1, 0.15) is 20.8 Å². The van der Waals surface area contributed by atoms with Crippen LogP contribution in [0.15, 0.2) is 24.3 Å². The molecule has 2 rings (SSSR count). The molecule has 1 heterocycles. The molecule has 0 spiro atoms. The fraction of sp³-hybridized carbons (Fsp3) is 0.462. The molecule has 0 aliphatic carbocycles. The van der Waals surface area contributed by atoms with Crippen LogP contribution in [0.2, 0.25) is 0 Å². The van der Waals surface area contributed by atoms with Gasteiger partial charge in [0.25, 0.3) is 0 Å². The maximum absolute atomic E-state index is 9.87. The molecule has 1 aromatic carbocycles. The Morgan fingerprint density at radius 3 is 2.65 bits per heavy atom. The van der Waals surface area contributed by atoms with Crippen molar-refractivity contribution < 1.29 is 5.11 Å². The summed E-state index contributed by atoms with van der Waals surface area (Å²) in [6.07, 6.45) is 0. The van der Waals surface area contributed by atoms with Gasteiger partial charge in [-0.2, -0.15) is 0 Å². The van der Waals surface area contributed by atoms with Crippen molar-refractivity contribution in [3.05, 3.63) is 24.3 Å². The summed E-state index contributed by atoms with van der Waals surface area (Å²) in [5, 5.41) is 9.87. The summed E-state index contributed by atoms with van der Waals surface area (Å²) in [5.41, 5.74) is 1.25. The van der Waals surface area contributed by atoms with Crippen LogP contribution in [0.3, 0.4) is 0 Å². The number of hydrogen-bond donors (Lipinski definition) is 2. The lowest BCUT2D eigenvalue weighted by atomic mass is 10.1. The Balaban J connectivity index is 2.30. The van der Waals surface area contributed by atoms with Crippen molar-refractivity contribution in [2.45, 2.75) is 26.4 Å². The Bertz CT molecular complexity index is 466. The normalized spacial score (nSPS) is 12.0. The molecule has 17 heavy (non-hydrogen) atoms. The minimum absolute atomic E-state index is 0.559. The average molecular weight is 233 g/mol. The summed E-state index contributed by atoms with van der Waals surface area (Å²) in [6, 6.07) is 7.94. The summed E-state index contributed by atoms with van der Waals surface area (Å²) in [7, 11) is 0. The highest BCUT2D eigenvalue weighted by Gasteiger charge is 2.19. The standard InChI is InChI=1S/C13H19N3O/c1-4-16(9-13(2,3)17)12-14-10-7-5-6-8-11(10)15-12/h5-8,17H,4,9H2,1-3H3,(H,14,15). The molecule has 0 saturated heterocycles. The number of para-hydroxylation sites is 2. The van der Waals surface area contributed by atoms with Crippen LogP contribution < -0.4 is 4.90 Å². The third kappa shape index (κ3) is 2.77. The Kier molecular flexibility index (Phi) is 3.07. The smallest absolute Gasteiger partial charge is 0.203 e. The van der Waals surface area contributed by atoms with E-state index < -0.39 is 5.60 Å². The average Bonchev–Trinajstić information content (AvgIpc) is 2.67. The van der Waals surface area contributed by atoms with Gasteiger partial charge in [-0.25, -0.2) is 4.98 Å². The van der Waals surface area contributed by atoms with Gasteiger partial charge in [-0.1, -0.05) is 12.1 Å². The van der Waals surface area contributed by atoms with Crippen LogP contribution in [0.4, 0.5) is 5.95 Å². The van der Waals surface area contributed by atoms with E-state index >= 15 is 0 Å². The SMILES string of the molecule is CCN(CC(C)(C)O)c1nc2ccccc2[nH]1. The van der Waals surface area contributed by atoms with E-state index in [2.05, 4.69) is 16.9 Å². The van der Waals surface area contributed by atoms with Gasteiger partial charge in [0, 0.05) is 13.1 Å². The van der Waals surface area contributed by atoms with E-state index in [1.54, 1.807) is 13.8 Å². The topological polar surface area (TPSA) is 52.1 Å². The molecule has 0 unspecified atom stereocenters. The van der Waals surface area contributed by atoms with Gasteiger partial charge in [0.1, 0.15) is 0 Å². The zero-order valence-electron chi connectivity index (χ0n) is 10.6. The Morgan fingerprint density at radius 1 is 1.35 bits per heavy atom. The van der Waals surface area contributed by atoms with Gasteiger partial charge in [-0.3, -0.25) is 0 Å². The first-order chi connectivity index (χ1) is 7.99. The molecule has 0 aliphatic heterocycles. The summed E-state index contributed by atoms with van der Waals surface area (Å²) in [5.74, 6) is 0.816. The fourth-order valence-electron chi connectivity index (χ4n) is 1.89. The minimum Gasteiger partial charge on any atom is -0.389 e. The zero-order chi connectivity index (χ0) is 12.5. The van der Waals surface area contributed by atoms with E-state index in [9.17, 15) is 5.11 Å². The highest BCUT2D eigenvalue weighted by atomic mass is 16.3. The second-order valence-electron chi connectivity index (χ2n) is 4.90. The molecule has 4 nitrogen and oxygen atoms in total. The molecule has 1 aromatic heterocycles. The van der Waals surface area contributed by atoms with Gasteiger partial charge < -0.3 is 15.0 Å². The number of aromatic amines is 1. The lowest BCUT2D eigenvalue weighted by Gasteiger charge is -2.27. The number of aliphatic hydroxyl groups is 1. The number of anilines is 1. The van der Waals surface area contributed by atoms with E-state index in [0.29, 0.717) is 6.54 Å². The quantitative estimate of drug-likeness (QED) is 0.851. The minimum atomic E-state index is -0.727. The van der Waals surface area contributed by atoms with Crippen molar-refractivity contribution in [2.24, 2.45) is 0 Å². The number of fused-ring (bicyclic) bond motifs is 1.